The fourth-order valence-corrected chi connectivity index (χ4v) is 7.08. The maximum atomic E-state index is 12.8. The molecule has 6 nitrogen and oxygen atoms in total. The summed E-state index contributed by atoms with van der Waals surface area (Å²) in [5, 5.41) is 0. The molecule has 0 aliphatic heterocycles. The normalized spacial score (nSPS) is 13.2. The molecule has 0 aromatic carbocycles. The summed E-state index contributed by atoms with van der Waals surface area (Å²) in [5.74, 6) is -1.11. The summed E-state index contributed by atoms with van der Waals surface area (Å²) in [5.41, 5.74) is 0. The van der Waals surface area contributed by atoms with Crippen molar-refractivity contribution in [3.8, 4) is 0 Å². The molecule has 0 spiro atoms. The lowest BCUT2D eigenvalue weighted by Gasteiger charge is -2.18. The zero-order valence-electron chi connectivity index (χ0n) is 45.4. The van der Waals surface area contributed by atoms with Crippen LogP contribution in [-0.4, -0.2) is 37.2 Å². The molecule has 0 aromatic rings. The summed E-state index contributed by atoms with van der Waals surface area (Å²) in [6.45, 7) is 6.35. The van der Waals surface area contributed by atoms with Gasteiger partial charge in [0.2, 0.25) is 0 Å². The molecule has 0 heterocycles. The molecule has 0 rings (SSSR count). The highest BCUT2D eigenvalue weighted by Gasteiger charge is 2.19. The Bertz CT molecular complexity index is 1590. The third-order valence-electron chi connectivity index (χ3n) is 11.3. The second-order valence-electron chi connectivity index (χ2n) is 18.1. The van der Waals surface area contributed by atoms with Gasteiger partial charge in [-0.1, -0.05) is 224 Å². The van der Waals surface area contributed by atoms with E-state index in [2.05, 4.69) is 154 Å². The van der Waals surface area contributed by atoms with Gasteiger partial charge >= 0.3 is 17.9 Å². The highest BCUT2D eigenvalue weighted by Crippen LogP contribution is 2.11. The number of esters is 3. The molecule has 6 heteroatoms. The predicted octanol–water partition coefficient (Wildman–Crippen LogP) is 19.2. The number of unbranched alkanes of at least 4 members (excludes halogenated alkanes) is 14. The summed E-state index contributed by atoms with van der Waals surface area (Å²) < 4.78 is 16.7. The summed E-state index contributed by atoms with van der Waals surface area (Å²) >= 11 is 0. The van der Waals surface area contributed by atoms with E-state index in [1.165, 1.54) is 70.6 Å². The fourth-order valence-electron chi connectivity index (χ4n) is 7.08. The third-order valence-corrected chi connectivity index (χ3v) is 11.3. The molecule has 71 heavy (non-hydrogen) atoms. The van der Waals surface area contributed by atoms with E-state index < -0.39 is 6.10 Å². The number of hydrogen-bond acceptors (Lipinski definition) is 6. The number of hydrogen-bond donors (Lipinski definition) is 0. The van der Waals surface area contributed by atoms with Gasteiger partial charge < -0.3 is 14.2 Å². The highest BCUT2D eigenvalue weighted by atomic mass is 16.6. The lowest BCUT2D eigenvalue weighted by molar-refractivity contribution is -0.166. The Balaban J connectivity index is 4.64. The molecule has 0 saturated heterocycles. The van der Waals surface area contributed by atoms with Gasteiger partial charge in [0.05, 0.1) is 0 Å². The van der Waals surface area contributed by atoms with Crippen LogP contribution in [0.3, 0.4) is 0 Å². The first-order valence-electron chi connectivity index (χ1n) is 28.3. The number of allylic oxidation sites excluding steroid dienone is 24. The first-order valence-corrected chi connectivity index (χ1v) is 28.3. The van der Waals surface area contributed by atoms with Gasteiger partial charge in [-0.25, -0.2) is 0 Å². The molecular formula is C65H102O6. The Morgan fingerprint density at radius 3 is 1.01 bits per heavy atom. The van der Waals surface area contributed by atoms with Crippen LogP contribution in [0.25, 0.3) is 0 Å². The molecule has 1 atom stereocenters. The first kappa shape index (κ1) is 66.3. The fraction of sp³-hybridized carbons (Fsp3) is 0.585. The van der Waals surface area contributed by atoms with Crippen LogP contribution >= 0.6 is 0 Å². The van der Waals surface area contributed by atoms with E-state index in [-0.39, 0.29) is 50.4 Å². The maximum Gasteiger partial charge on any atom is 0.306 e. The van der Waals surface area contributed by atoms with Crippen molar-refractivity contribution in [3.63, 3.8) is 0 Å². The Morgan fingerprint density at radius 1 is 0.296 bits per heavy atom. The van der Waals surface area contributed by atoms with E-state index >= 15 is 0 Å². The molecule has 0 unspecified atom stereocenters. The van der Waals surface area contributed by atoms with Crippen LogP contribution in [0.1, 0.15) is 226 Å². The first-order chi connectivity index (χ1) is 35.0. The predicted molar refractivity (Wildman–Crippen MR) is 306 cm³/mol. The summed E-state index contributed by atoms with van der Waals surface area (Å²) in [4.78, 5) is 38.1. The Labute approximate surface area is 436 Å². The van der Waals surface area contributed by atoms with Crippen LogP contribution in [0.15, 0.2) is 146 Å². The van der Waals surface area contributed by atoms with Crippen molar-refractivity contribution < 1.29 is 28.6 Å². The van der Waals surface area contributed by atoms with Gasteiger partial charge in [-0.05, 0) is 128 Å². The van der Waals surface area contributed by atoms with Gasteiger partial charge in [0.1, 0.15) is 13.2 Å². The van der Waals surface area contributed by atoms with Gasteiger partial charge in [0.15, 0.2) is 6.10 Å². The van der Waals surface area contributed by atoms with Gasteiger partial charge in [0, 0.05) is 19.3 Å². The lowest BCUT2D eigenvalue weighted by Crippen LogP contribution is -2.30. The number of ether oxygens (including phenoxy) is 3. The smallest absolute Gasteiger partial charge is 0.306 e. The van der Waals surface area contributed by atoms with E-state index in [9.17, 15) is 14.4 Å². The van der Waals surface area contributed by atoms with Crippen molar-refractivity contribution in [2.45, 2.75) is 232 Å². The second kappa shape index (κ2) is 57.9. The van der Waals surface area contributed by atoms with Crippen molar-refractivity contribution in [1.29, 1.82) is 0 Å². The molecule has 0 amide bonds. The van der Waals surface area contributed by atoms with Gasteiger partial charge in [-0.2, -0.15) is 0 Å². The summed E-state index contributed by atoms with van der Waals surface area (Å²) in [7, 11) is 0. The molecule has 0 bridgehead atoms. The summed E-state index contributed by atoms with van der Waals surface area (Å²) in [6.07, 6.45) is 82.8. The zero-order valence-corrected chi connectivity index (χ0v) is 45.4. The topological polar surface area (TPSA) is 78.9 Å². The van der Waals surface area contributed by atoms with Crippen molar-refractivity contribution in [1.82, 2.24) is 0 Å². The van der Waals surface area contributed by atoms with Crippen LogP contribution in [0.4, 0.5) is 0 Å². The Kier molecular flexibility index (Phi) is 54.0. The molecule has 0 aromatic heterocycles. The molecular weight excluding hydrogens is 877 g/mol. The zero-order chi connectivity index (χ0) is 51.4. The van der Waals surface area contributed by atoms with Crippen molar-refractivity contribution in [2.75, 3.05) is 13.2 Å². The van der Waals surface area contributed by atoms with Crippen molar-refractivity contribution >= 4 is 17.9 Å². The van der Waals surface area contributed by atoms with Crippen LogP contribution in [0.2, 0.25) is 0 Å². The summed E-state index contributed by atoms with van der Waals surface area (Å²) in [6, 6.07) is 0. The van der Waals surface area contributed by atoms with Crippen LogP contribution < -0.4 is 0 Å². The molecule has 0 saturated carbocycles. The van der Waals surface area contributed by atoms with E-state index in [0.29, 0.717) is 19.3 Å². The van der Waals surface area contributed by atoms with Crippen molar-refractivity contribution in [3.05, 3.63) is 146 Å². The minimum atomic E-state index is -0.848. The second-order valence-corrected chi connectivity index (χ2v) is 18.1. The maximum absolute atomic E-state index is 12.8. The van der Waals surface area contributed by atoms with Crippen LogP contribution in [-0.2, 0) is 28.6 Å². The van der Waals surface area contributed by atoms with E-state index in [1.54, 1.807) is 0 Å². The third kappa shape index (κ3) is 56.1. The van der Waals surface area contributed by atoms with E-state index in [0.717, 1.165) is 96.3 Å². The number of carbonyl (C=O) groups is 3. The standard InChI is InChI=1S/C65H102O6/c1-4-7-10-13-16-19-22-25-28-31-32-35-37-40-43-46-49-52-55-58-64(67)70-61-62(71-65(68)59-56-53-50-47-44-41-38-34-30-27-24-21-18-15-12-9-6-3)60-69-63(66)57-54-51-48-45-42-39-36-33-29-26-23-20-17-14-11-8-5-2/h9,12,16,18-19,21,25-30,32,35-36,38-41,43,45,48-49,52,62H,4-8,10-11,13-15,17,20,22-24,31,33-34,37,42,44,46-47,50-51,53-61H2,1-3H3/b12-9-,19-16-,21-18-,28-25-,29-26-,30-27-,35-32-,39-36-,41-38-,43-40-,48-45-,52-49-/t62-/m0/s1. The quantitative estimate of drug-likeness (QED) is 0.0262. The van der Waals surface area contributed by atoms with Gasteiger partial charge in [-0.3, -0.25) is 14.4 Å². The highest BCUT2D eigenvalue weighted by molar-refractivity contribution is 5.71. The molecule has 0 radical (unpaired) electrons. The molecule has 0 N–H and O–H groups in total. The SMILES string of the molecule is CC/C=C\C/C=C\C/C=C\C/C=C\CCCCCCC(=O)O[C@H](COC(=O)CC/C=C\C/C=C\C/C=C\C/C=C\C/C=C\CCCCC)COC(=O)CCC/C=C\C/C=C\C/C=C\CCCCCCCC. The Morgan fingerprint density at radius 2 is 0.592 bits per heavy atom. The largest absolute Gasteiger partial charge is 0.462 e. The molecule has 0 aliphatic rings. The minimum Gasteiger partial charge on any atom is -0.462 e. The molecule has 0 fully saturated rings. The number of rotatable bonds is 49. The van der Waals surface area contributed by atoms with Crippen LogP contribution in [0.5, 0.6) is 0 Å². The molecule has 0 aliphatic carbocycles. The van der Waals surface area contributed by atoms with Gasteiger partial charge in [-0.15, -0.1) is 0 Å². The Hall–Kier alpha value is -4.71. The average molecular weight is 980 g/mol. The lowest BCUT2D eigenvalue weighted by atomic mass is 10.1. The van der Waals surface area contributed by atoms with Crippen molar-refractivity contribution in [2.24, 2.45) is 0 Å². The molecule has 398 valence electrons. The minimum absolute atomic E-state index is 0.143. The number of carbonyl (C=O) groups excluding carboxylic acids is 3. The van der Waals surface area contributed by atoms with Crippen LogP contribution in [0, 0.1) is 0 Å². The van der Waals surface area contributed by atoms with E-state index in [4.69, 9.17) is 14.2 Å². The monoisotopic (exact) mass is 979 g/mol. The van der Waals surface area contributed by atoms with Gasteiger partial charge in [0.25, 0.3) is 0 Å². The average Bonchev–Trinajstić information content (AvgIpc) is 3.37. The van der Waals surface area contributed by atoms with E-state index in [1.807, 2.05) is 12.2 Å².